The Morgan fingerprint density at radius 1 is 1.27 bits per heavy atom. The van der Waals surface area contributed by atoms with Crippen molar-refractivity contribution >= 4 is 29.2 Å². The van der Waals surface area contributed by atoms with Gasteiger partial charge in [0, 0.05) is 31.4 Å². The zero-order chi connectivity index (χ0) is 18.8. The van der Waals surface area contributed by atoms with Crippen LogP contribution in [0.1, 0.15) is 40.1 Å². The van der Waals surface area contributed by atoms with Gasteiger partial charge in [-0.25, -0.2) is 19.7 Å². The summed E-state index contributed by atoms with van der Waals surface area (Å²) >= 11 is 1.35. The number of carbonyl (C=O) groups is 2. The number of aromatic nitrogens is 3. The summed E-state index contributed by atoms with van der Waals surface area (Å²) in [6.45, 7) is 6.76. The number of carboxylic acids is 1. The summed E-state index contributed by atoms with van der Waals surface area (Å²) in [6.07, 6.45) is 3.23. The van der Waals surface area contributed by atoms with Crippen LogP contribution < -0.4 is 4.90 Å². The summed E-state index contributed by atoms with van der Waals surface area (Å²) in [6, 6.07) is 0.751. The van der Waals surface area contributed by atoms with E-state index in [4.69, 9.17) is 0 Å². The van der Waals surface area contributed by atoms with Crippen LogP contribution in [0.4, 0.5) is 5.95 Å². The van der Waals surface area contributed by atoms with Crippen LogP contribution in [0.25, 0.3) is 0 Å². The second kappa shape index (κ2) is 7.36. The lowest BCUT2D eigenvalue weighted by atomic mass is 10.1. The average Bonchev–Trinajstić information content (AvgIpc) is 3.03. The Morgan fingerprint density at radius 2 is 1.96 bits per heavy atom. The molecule has 8 nitrogen and oxygen atoms in total. The fourth-order valence-corrected chi connectivity index (χ4v) is 3.89. The molecule has 138 valence electrons. The Balaban J connectivity index is 1.83. The molecule has 1 saturated heterocycles. The first-order valence-electron chi connectivity index (χ1n) is 8.41. The normalized spacial score (nSPS) is 17.6. The molecule has 1 amide bonds. The number of hydrogen-bond acceptors (Lipinski definition) is 7. The van der Waals surface area contributed by atoms with Gasteiger partial charge >= 0.3 is 5.97 Å². The molecule has 3 heterocycles. The van der Waals surface area contributed by atoms with E-state index in [1.807, 2.05) is 13.8 Å². The molecule has 2 aromatic heterocycles. The van der Waals surface area contributed by atoms with Crippen molar-refractivity contribution in [2.75, 3.05) is 24.5 Å². The van der Waals surface area contributed by atoms with E-state index in [1.165, 1.54) is 16.2 Å². The predicted molar refractivity (Wildman–Crippen MR) is 97.6 cm³/mol. The van der Waals surface area contributed by atoms with Gasteiger partial charge in [0.15, 0.2) is 0 Å². The molecule has 1 aliphatic rings. The minimum atomic E-state index is -1.04. The number of rotatable bonds is 4. The molecule has 3 rings (SSSR count). The largest absolute Gasteiger partial charge is 0.480 e. The molecule has 0 saturated carbocycles. The molecule has 0 radical (unpaired) electrons. The van der Waals surface area contributed by atoms with Crippen molar-refractivity contribution in [2.45, 2.75) is 32.7 Å². The minimum absolute atomic E-state index is 0.153. The van der Waals surface area contributed by atoms with Crippen LogP contribution >= 0.6 is 11.3 Å². The van der Waals surface area contributed by atoms with Crippen molar-refractivity contribution in [1.29, 1.82) is 0 Å². The van der Waals surface area contributed by atoms with E-state index in [-0.39, 0.29) is 18.4 Å². The summed E-state index contributed by atoms with van der Waals surface area (Å²) in [5.74, 6) is -0.609. The molecule has 2 aromatic rings. The lowest BCUT2D eigenvalue weighted by Gasteiger charge is -2.39. The first-order valence-corrected chi connectivity index (χ1v) is 9.23. The summed E-state index contributed by atoms with van der Waals surface area (Å²) in [5, 5.41) is 10.5. The monoisotopic (exact) mass is 375 g/mol. The molecule has 0 bridgehead atoms. The van der Waals surface area contributed by atoms with E-state index in [0.29, 0.717) is 29.6 Å². The van der Waals surface area contributed by atoms with Crippen molar-refractivity contribution in [1.82, 2.24) is 19.9 Å². The number of aliphatic carboxylic acids is 1. The third kappa shape index (κ3) is 3.52. The fraction of sp³-hybridized carbons (Fsp3) is 0.471. The van der Waals surface area contributed by atoms with Gasteiger partial charge in [0.05, 0.1) is 17.2 Å². The van der Waals surface area contributed by atoms with Crippen molar-refractivity contribution in [3.05, 3.63) is 34.0 Å². The highest BCUT2D eigenvalue weighted by Crippen LogP contribution is 2.27. The first-order chi connectivity index (χ1) is 12.4. The van der Waals surface area contributed by atoms with E-state index in [0.717, 1.165) is 5.01 Å². The lowest BCUT2D eigenvalue weighted by molar-refractivity contribution is -0.142. The topological polar surface area (TPSA) is 99.5 Å². The molecule has 0 spiro atoms. The number of aryl methyl sites for hydroxylation is 1. The lowest BCUT2D eigenvalue weighted by Crippen LogP contribution is -2.58. The first kappa shape index (κ1) is 18.2. The van der Waals surface area contributed by atoms with E-state index >= 15 is 0 Å². The van der Waals surface area contributed by atoms with Crippen LogP contribution in [-0.4, -0.2) is 62.5 Å². The van der Waals surface area contributed by atoms with Crippen molar-refractivity contribution < 1.29 is 14.7 Å². The second-order valence-corrected chi connectivity index (χ2v) is 7.50. The quantitative estimate of drug-likeness (QED) is 0.869. The van der Waals surface area contributed by atoms with Gasteiger partial charge in [-0.3, -0.25) is 4.79 Å². The van der Waals surface area contributed by atoms with Crippen LogP contribution in [0, 0.1) is 6.92 Å². The number of hydrogen-bond donors (Lipinski definition) is 1. The van der Waals surface area contributed by atoms with Gasteiger partial charge < -0.3 is 14.9 Å². The van der Waals surface area contributed by atoms with Crippen LogP contribution in [0.3, 0.4) is 0 Å². The molecule has 0 aliphatic carbocycles. The Hall–Kier alpha value is -2.55. The van der Waals surface area contributed by atoms with E-state index in [1.54, 1.807) is 30.3 Å². The second-order valence-electron chi connectivity index (χ2n) is 6.47. The van der Waals surface area contributed by atoms with E-state index < -0.39 is 12.0 Å². The van der Waals surface area contributed by atoms with Crippen molar-refractivity contribution in [3.8, 4) is 0 Å². The molecule has 0 aromatic carbocycles. The number of amides is 1. The van der Waals surface area contributed by atoms with Gasteiger partial charge in [0.1, 0.15) is 10.9 Å². The molecule has 1 N–H and O–H groups in total. The Morgan fingerprint density at radius 3 is 2.54 bits per heavy atom. The summed E-state index contributed by atoms with van der Waals surface area (Å²) in [7, 11) is 0. The van der Waals surface area contributed by atoms with Gasteiger partial charge in [0.2, 0.25) is 5.95 Å². The molecule has 1 fully saturated rings. The molecular formula is C17H21N5O3S. The predicted octanol–water partition coefficient (Wildman–Crippen LogP) is 1.78. The maximum absolute atomic E-state index is 13.0. The summed E-state index contributed by atoms with van der Waals surface area (Å²) < 4.78 is 0. The van der Waals surface area contributed by atoms with Gasteiger partial charge in [-0.1, -0.05) is 13.8 Å². The van der Waals surface area contributed by atoms with E-state index in [9.17, 15) is 14.7 Å². The van der Waals surface area contributed by atoms with Gasteiger partial charge in [-0.05, 0) is 13.0 Å². The number of piperazine rings is 1. The number of nitrogens with zero attached hydrogens (tertiary/aromatic N) is 5. The maximum Gasteiger partial charge on any atom is 0.328 e. The smallest absolute Gasteiger partial charge is 0.328 e. The van der Waals surface area contributed by atoms with Crippen molar-refractivity contribution in [2.24, 2.45) is 0 Å². The molecular weight excluding hydrogens is 354 g/mol. The summed E-state index contributed by atoms with van der Waals surface area (Å²) in [4.78, 5) is 41.3. The van der Waals surface area contributed by atoms with Crippen LogP contribution in [-0.2, 0) is 4.79 Å². The highest BCUT2D eigenvalue weighted by molar-refractivity contribution is 7.13. The fourth-order valence-electron chi connectivity index (χ4n) is 2.87. The highest BCUT2D eigenvalue weighted by Gasteiger charge is 2.37. The van der Waals surface area contributed by atoms with Gasteiger partial charge in [-0.2, -0.15) is 0 Å². The molecule has 1 atom stereocenters. The van der Waals surface area contributed by atoms with E-state index in [2.05, 4.69) is 15.0 Å². The zero-order valence-electron chi connectivity index (χ0n) is 14.9. The number of carboxylic acid groups (broad SMARTS) is 1. The maximum atomic E-state index is 13.0. The number of anilines is 1. The Kier molecular flexibility index (Phi) is 5.17. The third-order valence-electron chi connectivity index (χ3n) is 4.26. The highest BCUT2D eigenvalue weighted by atomic mass is 32.1. The Labute approximate surface area is 155 Å². The molecule has 9 heteroatoms. The van der Waals surface area contributed by atoms with Crippen molar-refractivity contribution in [3.63, 3.8) is 0 Å². The van der Waals surface area contributed by atoms with Crippen LogP contribution in [0.15, 0.2) is 18.5 Å². The molecule has 26 heavy (non-hydrogen) atoms. The van der Waals surface area contributed by atoms with Gasteiger partial charge in [0.25, 0.3) is 5.91 Å². The molecule has 1 aliphatic heterocycles. The van der Waals surface area contributed by atoms with Crippen LogP contribution in [0.2, 0.25) is 0 Å². The SMILES string of the molecule is Cc1nc(C(C)C)sc1C(=O)N1CCN(c2ncccn2)CC1C(=O)O. The summed E-state index contributed by atoms with van der Waals surface area (Å²) in [5.41, 5.74) is 0.654. The zero-order valence-corrected chi connectivity index (χ0v) is 15.7. The number of thiazole rings is 1. The average molecular weight is 375 g/mol. The third-order valence-corrected chi connectivity index (χ3v) is 5.71. The Bertz CT molecular complexity index is 808. The van der Waals surface area contributed by atoms with Gasteiger partial charge in [-0.15, -0.1) is 11.3 Å². The van der Waals surface area contributed by atoms with Crippen LogP contribution in [0.5, 0.6) is 0 Å². The number of carbonyl (C=O) groups excluding carboxylic acids is 1. The molecule has 1 unspecified atom stereocenters. The minimum Gasteiger partial charge on any atom is -0.480 e. The standard InChI is InChI=1S/C17H21N5O3S/c1-10(2)14-20-11(3)13(26-14)15(23)22-8-7-21(9-12(22)16(24)25)17-18-5-4-6-19-17/h4-6,10,12H,7-9H2,1-3H3,(H,24,25).